The molecular formula is C15H11N3O4S. The van der Waals surface area contributed by atoms with Gasteiger partial charge in [-0.25, -0.2) is 4.98 Å². The first-order valence-corrected chi connectivity index (χ1v) is 7.52. The summed E-state index contributed by atoms with van der Waals surface area (Å²) in [5.41, 5.74) is 0.889. The number of hydrogen-bond donors (Lipinski definition) is 1. The summed E-state index contributed by atoms with van der Waals surface area (Å²) in [4.78, 5) is 27.3. The molecule has 0 unspecified atom stereocenters. The minimum absolute atomic E-state index is 0.0568. The number of nitrogens with zero attached hydrogens (tertiary/aromatic N) is 2. The average Bonchev–Trinajstić information content (AvgIpc) is 3.23. The van der Waals surface area contributed by atoms with Crippen molar-refractivity contribution in [2.45, 2.75) is 6.54 Å². The van der Waals surface area contributed by atoms with E-state index in [9.17, 15) is 14.9 Å². The van der Waals surface area contributed by atoms with Crippen LogP contribution >= 0.6 is 11.3 Å². The second kappa shape index (κ2) is 6.41. The van der Waals surface area contributed by atoms with Crippen LogP contribution in [0.25, 0.3) is 10.8 Å². The van der Waals surface area contributed by atoms with Crippen molar-refractivity contribution in [3.63, 3.8) is 0 Å². The number of rotatable bonds is 5. The van der Waals surface area contributed by atoms with Gasteiger partial charge in [-0.05, 0) is 23.6 Å². The first-order chi connectivity index (χ1) is 11.1. The van der Waals surface area contributed by atoms with Gasteiger partial charge in [0.05, 0.1) is 22.0 Å². The van der Waals surface area contributed by atoms with Gasteiger partial charge in [0.2, 0.25) is 5.89 Å². The summed E-state index contributed by atoms with van der Waals surface area (Å²) >= 11 is 1.52. The molecule has 2 heterocycles. The van der Waals surface area contributed by atoms with Crippen molar-refractivity contribution >= 4 is 22.9 Å². The number of hydrogen-bond acceptors (Lipinski definition) is 6. The maximum atomic E-state index is 12.0. The summed E-state index contributed by atoms with van der Waals surface area (Å²) in [6, 6.07) is 9.20. The fraction of sp³-hybridized carbons (Fsp3) is 0.0667. The van der Waals surface area contributed by atoms with Gasteiger partial charge in [-0.1, -0.05) is 6.07 Å². The third-order valence-electron chi connectivity index (χ3n) is 3.05. The highest BCUT2D eigenvalue weighted by Gasteiger charge is 2.11. The zero-order valence-electron chi connectivity index (χ0n) is 11.8. The number of thiophene rings is 1. The molecule has 1 aromatic carbocycles. The lowest BCUT2D eigenvalue weighted by molar-refractivity contribution is -0.384. The van der Waals surface area contributed by atoms with Gasteiger partial charge in [0.1, 0.15) is 6.26 Å². The Bertz CT molecular complexity index is 825. The molecule has 0 spiro atoms. The highest BCUT2D eigenvalue weighted by molar-refractivity contribution is 7.13. The Hall–Kier alpha value is -3.00. The number of nitrogens with one attached hydrogen (secondary N) is 1. The van der Waals surface area contributed by atoms with Gasteiger partial charge in [0, 0.05) is 17.7 Å². The Balaban J connectivity index is 1.61. The molecular weight excluding hydrogens is 318 g/mol. The van der Waals surface area contributed by atoms with E-state index in [1.54, 1.807) is 0 Å². The quantitative estimate of drug-likeness (QED) is 0.572. The summed E-state index contributed by atoms with van der Waals surface area (Å²) < 4.78 is 5.36. The highest BCUT2D eigenvalue weighted by atomic mass is 32.1. The molecule has 7 nitrogen and oxygen atoms in total. The van der Waals surface area contributed by atoms with E-state index in [2.05, 4.69) is 10.3 Å². The highest BCUT2D eigenvalue weighted by Crippen LogP contribution is 2.23. The van der Waals surface area contributed by atoms with Crippen LogP contribution < -0.4 is 5.32 Å². The minimum Gasteiger partial charge on any atom is -0.443 e. The number of amides is 1. The summed E-state index contributed by atoms with van der Waals surface area (Å²) in [6.07, 6.45) is 1.49. The third kappa shape index (κ3) is 3.43. The summed E-state index contributed by atoms with van der Waals surface area (Å²) in [5.74, 6) is 0.181. The maximum Gasteiger partial charge on any atom is 0.269 e. The van der Waals surface area contributed by atoms with Gasteiger partial charge >= 0.3 is 0 Å². The number of aromatic nitrogens is 1. The molecule has 0 saturated carbocycles. The average molecular weight is 329 g/mol. The predicted molar refractivity (Wildman–Crippen MR) is 84.1 cm³/mol. The third-order valence-corrected chi connectivity index (χ3v) is 3.91. The topological polar surface area (TPSA) is 98.3 Å². The van der Waals surface area contributed by atoms with E-state index < -0.39 is 4.92 Å². The fourth-order valence-corrected chi connectivity index (χ4v) is 2.56. The molecule has 23 heavy (non-hydrogen) atoms. The lowest BCUT2D eigenvalue weighted by Crippen LogP contribution is -2.22. The first-order valence-electron chi connectivity index (χ1n) is 6.64. The van der Waals surface area contributed by atoms with Crippen LogP contribution in [0.3, 0.4) is 0 Å². The molecule has 8 heteroatoms. The summed E-state index contributed by atoms with van der Waals surface area (Å²) in [7, 11) is 0. The molecule has 0 aliphatic carbocycles. The largest absolute Gasteiger partial charge is 0.443 e. The molecule has 0 aliphatic heterocycles. The Morgan fingerprint density at radius 1 is 1.30 bits per heavy atom. The van der Waals surface area contributed by atoms with Gasteiger partial charge in [0.25, 0.3) is 11.6 Å². The molecule has 0 saturated heterocycles. The second-order valence-electron chi connectivity index (χ2n) is 4.61. The van der Waals surface area contributed by atoms with E-state index in [1.165, 1.54) is 41.9 Å². The van der Waals surface area contributed by atoms with E-state index >= 15 is 0 Å². The molecule has 0 fully saturated rings. The van der Waals surface area contributed by atoms with Crippen molar-refractivity contribution < 1.29 is 14.1 Å². The first kappa shape index (κ1) is 14.9. The zero-order chi connectivity index (χ0) is 16.2. The lowest BCUT2D eigenvalue weighted by atomic mass is 10.2. The smallest absolute Gasteiger partial charge is 0.269 e. The van der Waals surface area contributed by atoms with E-state index in [4.69, 9.17) is 4.42 Å². The van der Waals surface area contributed by atoms with Crippen LogP contribution in [0.1, 0.15) is 16.1 Å². The molecule has 2 aromatic heterocycles. The van der Waals surface area contributed by atoms with Crippen LogP contribution in [0.4, 0.5) is 5.69 Å². The number of carbonyl (C=O) groups excluding carboxylic acids is 1. The van der Waals surface area contributed by atoms with Gasteiger partial charge < -0.3 is 9.73 Å². The van der Waals surface area contributed by atoms with E-state index in [0.29, 0.717) is 17.1 Å². The van der Waals surface area contributed by atoms with E-state index in [1.807, 2.05) is 17.5 Å². The van der Waals surface area contributed by atoms with Crippen LogP contribution in [0, 0.1) is 10.1 Å². The van der Waals surface area contributed by atoms with Crippen molar-refractivity contribution in [2.75, 3.05) is 0 Å². The van der Waals surface area contributed by atoms with Crippen LogP contribution in [-0.4, -0.2) is 15.8 Å². The van der Waals surface area contributed by atoms with Gasteiger partial charge in [0.15, 0.2) is 0 Å². The number of nitro groups is 1. The molecule has 3 rings (SSSR count). The second-order valence-corrected chi connectivity index (χ2v) is 5.56. The Labute approximate surface area is 134 Å². The van der Waals surface area contributed by atoms with E-state index in [0.717, 1.165) is 4.88 Å². The molecule has 0 bridgehead atoms. The molecule has 1 amide bonds. The van der Waals surface area contributed by atoms with Crippen LogP contribution in [0.15, 0.2) is 52.5 Å². The fourth-order valence-electron chi connectivity index (χ4n) is 1.91. The SMILES string of the molecule is O=C(NCc1coc(-c2cccs2)n1)c1ccc([N+](=O)[O-])cc1. The molecule has 1 N–H and O–H groups in total. The van der Waals surface area contributed by atoms with Crippen LogP contribution in [0.2, 0.25) is 0 Å². The zero-order valence-corrected chi connectivity index (χ0v) is 12.6. The van der Waals surface area contributed by atoms with Crippen molar-refractivity contribution in [1.82, 2.24) is 10.3 Å². The summed E-state index contributed by atoms with van der Waals surface area (Å²) in [5, 5.41) is 15.2. The monoisotopic (exact) mass is 329 g/mol. The molecule has 0 aliphatic rings. The van der Waals surface area contributed by atoms with Crippen LogP contribution in [0.5, 0.6) is 0 Å². The Morgan fingerprint density at radius 3 is 2.74 bits per heavy atom. The number of carbonyl (C=O) groups is 1. The van der Waals surface area contributed by atoms with Crippen molar-refractivity contribution in [3.8, 4) is 10.8 Å². The van der Waals surface area contributed by atoms with Crippen molar-refractivity contribution in [1.29, 1.82) is 0 Å². The van der Waals surface area contributed by atoms with Crippen LogP contribution in [-0.2, 0) is 6.54 Å². The van der Waals surface area contributed by atoms with Crippen molar-refractivity contribution in [2.24, 2.45) is 0 Å². The predicted octanol–water partition coefficient (Wildman–Crippen LogP) is 3.24. The molecule has 0 atom stereocenters. The number of benzene rings is 1. The molecule has 116 valence electrons. The van der Waals surface area contributed by atoms with Crippen molar-refractivity contribution in [3.05, 3.63) is 69.4 Å². The van der Waals surface area contributed by atoms with Gasteiger partial charge in [-0.3, -0.25) is 14.9 Å². The normalized spacial score (nSPS) is 10.4. The number of nitro benzene ring substituents is 1. The lowest BCUT2D eigenvalue weighted by Gasteiger charge is -2.02. The minimum atomic E-state index is -0.511. The Kier molecular flexibility index (Phi) is 4.15. The van der Waals surface area contributed by atoms with E-state index in [-0.39, 0.29) is 18.1 Å². The number of non-ortho nitro benzene ring substituents is 1. The standard InChI is InChI=1S/C15H11N3O4S/c19-14(10-3-5-12(6-4-10)18(20)21)16-8-11-9-22-15(17-11)13-2-1-7-23-13/h1-7,9H,8H2,(H,16,19). The summed E-state index contributed by atoms with van der Waals surface area (Å²) in [6.45, 7) is 0.213. The Morgan fingerprint density at radius 2 is 2.09 bits per heavy atom. The maximum absolute atomic E-state index is 12.0. The van der Waals surface area contributed by atoms with Gasteiger partial charge in [-0.15, -0.1) is 11.3 Å². The van der Waals surface area contributed by atoms with Gasteiger partial charge in [-0.2, -0.15) is 0 Å². The molecule has 3 aromatic rings. The molecule has 0 radical (unpaired) electrons. The number of oxazole rings is 1.